The molecule has 0 rings (SSSR count). The molecule has 1 amide bonds. The van der Waals surface area contributed by atoms with Crippen LogP contribution >= 0.6 is 0 Å². The Morgan fingerprint density at radius 1 is 0.909 bits per heavy atom. The van der Waals surface area contributed by atoms with E-state index in [1.54, 1.807) is 0 Å². The fourth-order valence-electron chi connectivity index (χ4n) is 1.57. The minimum absolute atomic E-state index is 0.0925. The third-order valence-corrected chi connectivity index (χ3v) is 2.74. The van der Waals surface area contributed by atoms with E-state index in [0.29, 0.717) is 39.6 Å². The molecule has 0 aromatic carbocycles. The van der Waals surface area contributed by atoms with Crippen molar-refractivity contribution >= 4 is 12.2 Å². The highest BCUT2D eigenvalue weighted by atomic mass is 16.5. The highest BCUT2D eigenvalue weighted by molar-refractivity contribution is 5.77. The van der Waals surface area contributed by atoms with E-state index in [0.717, 1.165) is 32.3 Å². The predicted molar refractivity (Wildman–Crippen MR) is 83.9 cm³/mol. The summed E-state index contributed by atoms with van der Waals surface area (Å²) in [5.74, 6) is -0.0925. The molecule has 0 aliphatic rings. The monoisotopic (exact) mass is 318 g/mol. The van der Waals surface area contributed by atoms with Crippen molar-refractivity contribution in [1.82, 2.24) is 10.6 Å². The van der Waals surface area contributed by atoms with Crippen molar-refractivity contribution in [1.29, 1.82) is 0 Å². The normalized spacial score (nSPS) is 10.6. The van der Waals surface area contributed by atoms with E-state index in [4.69, 9.17) is 14.2 Å². The number of carbonyl (C=O) groups excluding carboxylic acids is 2. The number of carbonyl (C=O) groups is 2. The molecule has 130 valence electrons. The Morgan fingerprint density at radius 2 is 1.45 bits per heavy atom. The van der Waals surface area contributed by atoms with Crippen LogP contribution in [0.3, 0.4) is 0 Å². The van der Waals surface area contributed by atoms with Gasteiger partial charge in [-0.25, -0.2) is 0 Å². The van der Waals surface area contributed by atoms with Crippen LogP contribution in [0.2, 0.25) is 0 Å². The van der Waals surface area contributed by atoms with Crippen LogP contribution in [0.4, 0.5) is 0 Å². The Hall–Kier alpha value is -1.02. The molecule has 0 aromatic heterocycles. The minimum Gasteiger partial charge on any atom is -0.379 e. The highest BCUT2D eigenvalue weighted by Gasteiger charge is 1.99. The molecule has 0 aliphatic carbocycles. The average molecular weight is 318 g/mol. The lowest BCUT2D eigenvalue weighted by Crippen LogP contribution is -2.25. The summed E-state index contributed by atoms with van der Waals surface area (Å²) >= 11 is 0. The van der Waals surface area contributed by atoms with Crippen molar-refractivity contribution in [2.75, 3.05) is 59.8 Å². The first-order valence-electron chi connectivity index (χ1n) is 7.89. The van der Waals surface area contributed by atoms with Crippen molar-refractivity contribution in [3.63, 3.8) is 0 Å². The summed E-state index contributed by atoms with van der Waals surface area (Å²) in [6, 6.07) is 0. The van der Waals surface area contributed by atoms with Crippen molar-refractivity contribution in [2.24, 2.45) is 0 Å². The standard InChI is InChI=1S/C15H30N2O5/c1-16-6-3-9-20-11-13-22-14-12-21-10-4-7-17-15(19)5-2-8-18/h8,16H,2-7,9-14H2,1H3,(H,17,19). The Morgan fingerprint density at radius 3 is 2.00 bits per heavy atom. The first-order chi connectivity index (χ1) is 10.8. The van der Waals surface area contributed by atoms with Gasteiger partial charge in [0, 0.05) is 32.6 Å². The van der Waals surface area contributed by atoms with Crippen LogP contribution in [0.25, 0.3) is 0 Å². The van der Waals surface area contributed by atoms with Gasteiger partial charge in [-0.05, 0) is 26.4 Å². The van der Waals surface area contributed by atoms with Gasteiger partial charge in [0.25, 0.3) is 0 Å². The second-order valence-electron chi connectivity index (χ2n) is 4.70. The summed E-state index contributed by atoms with van der Waals surface area (Å²) in [6.07, 6.45) is 3.04. The summed E-state index contributed by atoms with van der Waals surface area (Å²) in [4.78, 5) is 21.3. The number of hydrogen-bond donors (Lipinski definition) is 2. The molecule has 0 heterocycles. The number of nitrogens with one attached hydrogen (secondary N) is 2. The van der Waals surface area contributed by atoms with Gasteiger partial charge in [0.15, 0.2) is 0 Å². The van der Waals surface area contributed by atoms with Crippen LogP contribution in [0.15, 0.2) is 0 Å². The Kier molecular flexibility index (Phi) is 17.2. The molecule has 0 fully saturated rings. The van der Waals surface area contributed by atoms with Gasteiger partial charge in [0.1, 0.15) is 6.29 Å². The van der Waals surface area contributed by atoms with Crippen LogP contribution < -0.4 is 10.6 Å². The first kappa shape index (κ1) is 21.0. The molecule has 0 spiro atoms. The second-order valence-corrected chi connectivity index (χ2v) is 4.70. The van der Waals surface area contributed by atoms with Crippen molar-refractivity contribution < 1.29 is 23.8 Å². The number of amides is 1. The predicted octanol–water partition coefficient (Wildman–Crippen LogP) is 0.131. The fourth-order valence-corrected chi connectivity index (χ4v) is 1.57. The zero-order valence-corrected chi connectivity index (χ0v) is 13.6. The van der Waals surface area contributed by atoms with E-state index in [1.165, 1.54) is 0 Å². The molecule has 7 nitrogen and oxygen atoms in total. The zero-order chi connectivity index (χ0) is 16.3. The first-order valence-corrected chi connectivity index (χ1v) is 7.89. The van der Waals surface area contributed by atoms with Gasteiger partial charge < -0.3 is 29.6 Å². The summed E-state index contributed by atoms with van der Waals surface area (Å²) in [5.41, 5.74) is 0. The van der Waals surface area contributed by atoms with E-state index in [2.05, 4.69) is 10.6 Å². The maximum absolute atomic E-state index is 11.2. The molecule has 0 aromatic rings. The lowest BCUT2D eigenvalue weighted by atomic mass is 10.3. The smallest absolute Gasteiger partial charge is 0.220 e. The SMILES string of the molecule is CNCCCOCCOCCOCCCNC(=O)CCC=O. The van der Waals surface area contributed by atoms with Crippen LogP contribution in [0.1, 0.15) is 25.7 Å². The van der Waals surface area contributed by atoms with E-state index in [-0.39, 0.29) is 18.7 Å². The molecule has 0 unspecified atom stereocenters. The van der Waals surface area contributed by atoms with Crippen LogP contribution in [0.5, 0.6) is 0 Å². The largest absolute Gasteiger partial charge is 0.379 e. The maximum Gasteiger partial charge on any atom is 0.220 e. The lowest BCUT2D eigenvalue weighted by Gasteiger charge is -2.07. The molecular formula is C15H30N2O5. The van der Waals surface area contributed by atoms with E-state index >= 15 is 0 Å². The molecule has 22 heavy (non-hydrogen) atoms. The van der Waals surface area contributed by atoms with Crippen LogP contribution in [-0.2, 0) is 23.8 Å². The maximum atomic E-state index is 11.2. The molecule has 2 N–H and O–H groups in total. The van der Waals surface area contributed by atoms with Gasteiger partial charge in [-0.15, -0.1) is 0 Å². The van der Waals surface area contributed by atoms with Crippen molar-refractivity contribution in [3.05, 3.63) is 0 Å². The second kappa shape index (κ2) is 18.0. The van der Waals surface area contributed by atoms with Gasteiger partial charge in [-0.2, -0.15) is 0 Å². The topological polar surface area (TPSA) is 85.9 Å². The van der Waals surface area contributed by atoms with Crippen LogP contribution in [-0.4, -0.2) is 72.0 Å². The Bertz CT molecular complexity index is 264. The molecule has 0 saturated carbocycles. The highest BCUT2D eigenvalue weighted by Crippen LogP contribution is 1.87. The minimum atomic E-state index is -0.0925. The van der Waals surface area contributed by atoms with Crippen LogP contribution in [0, 0.1) is 0 Å². The number of aldehydes is 1. The third-order valence-electron chi connectivity index (χ3n) is 2.74. The number of rotatable bonds is 17. The Labute approximate surface area is 133 Å². The zero-order valence-electron chi connectivity index (χ0n) is 13.6. The number of hydrogen-bond acceptors (Lipinski definition) is 6. The number of ether oxygens (including phenoxy) is 3. The molecule has 0 aliphatic heterocycles. The summed E-state index contributed by atoms with van der Waals surface area (Å²) < 4.78 is 16.1. The Balaban J connectivity index is 3.05. The quantitative estimate of drug-likeness (QED) is 0.293. The van der Waals surface area contributed by atoms with Crippen molar-refractivity contribution in [2.45, 2.75) is 25.7 Å². The lowest BCUT2D eigenvalue weighted by molar-refractivity contribution is -0.122. The van der Waals surface area contributed by atoms with E-state index in [1.807, 2.05) is 7.05 Å². The summed E-state index contributed by atoms with van der Waals surface area (Å²) in [7, 11) is 1.92. The summed E-state index contributed by atoms with van der Waals surface area (Å²) in [6.45, 7) is 5.14. The van der Waals surface area contributed by atoms with Crippen molar-refractivity contribution in [3.8, 4) is 0 Å². The van der Waals surface area contributed by atoms with Gasteiger partial charge in [0.05, 0.1) is 26.4 Å². The van der Waals surface area contributed by atoms with E-state index < -0.39 is 0 Å². The van der Waals surface area contributed by atoms with Gasteiger partial charge >= 0.3 is 0 Å². The molecule has 0 saturated heterocycles. The third kappa shape index (κ3) is 17.0. The average Bonchev–Trinajstić information content (AvgIpc) is 2.53. The van der Waals surface area contributed by atoms with Gasteiger partial charge in [-0.3, -0.25) is 4.79 Å². The van der Waals surface area contributed by atoms with E-state index in [9.17, 15) is 9.59 Å². The molecule has 0 atom stereocenters. The van der Waals surface area contributed by atoms with Gasteiger partial charge in [0.2, 0.25) is 5.91 Å². The molecule has 7 heteroatoms. The fraction of sp³-hybridized carbons (Fsp3) is 0.867. The van der Waals surface area contributed by atoms with Gasteiger partial charge in [-0.1, -0.05) is 0 Å². The molecule has 0 radical (unpaired) electrons. The molecular weight excluding hydrogens is 288 g/mol. The molecule has 0 bridgehead atoms. The summed E-state index contributed by atoms with van der Waals surface area (Å²) in [5, 5.41) is 5.78.